The van der Waals surface area contributed by atoms with Crippen LogP contribution in [0.5, 0.6) is 5.75 Å². The molecule has 1 aliphatic carbocycles. The number of ketones is 2. The van der Waals surface area contributed by atoms with Gasteiger partial charge in [-0.2, -0.15) is 0 Å². The van der Waals surface area contributed by atoms with Gasteiger partial charge in [-0.3, -0.25) is 9.59 Å². The van der Waals surface area contributed by atoms with Gasteiger partial charge in [0, 0.05) is 17.7 Å². The summed E-state index contributed by atoms with van der Waals surface area (Å²) in [5.74, 6) is 0.172. The molecule has 1 aliphatic rings. The van der Waals surface area contributed by atoms with E-state index in [0.717, 1.165) is 12.8 Å². The highest BCUT2D eigenvalue weighted by Gasteiger charge is 2.32. The number of benzene rings is 1. The van der Waals surface area contributed by atoms with Crippen LogP contribution in [0.3, 0.4) is 0 Å². The predicted octanol–water partition coefficient (Wildman–Crippen LogP) is 2.74. The monoisotopic (exact) mass is 273 g/mol. The molecule has 1 aromatic rings. The molecule has 0 saturated carbocycles. The van der Waals surface area contributed by atoms with Gasteiger partial charge in [0.15, 0.2) is 5.78 Å². The molecule has 4 heteroatoms. The molecule has 0 atom stereocenters. The van der Waals surface area contributed by atoms with E-state index in [1.807, 2.05) is 0 Å². The van der Waals surface area contributed by atoms with Gasteiger partial charge in [-0.15, -0.1) is 0 Å². The highest BCUT2D eigenvalue weighted by atomic mass is 16.5. The number of allylic oxidation sites excluding steroid dienone is 2. The third kappa shape index (κ3) is 2.33. The fourth-order valence-corrected chi connectivity index (χ4v) is 2.34. The minimum Gasteiger partial charge on any atom is -0.496 e. The Hall–Kier alpha value is -2.10. The van der Waals surface area contributed by atoms with Crippen molar-refractivity contribution in [1.29, 1.82) is 0 Å². The van der Waals surface area contributed by atoms with E-state index in [-0.39, 0.29) is 11.6 Å². The van der Waals surface area contributed by atoms with Crippen molar-refractivity contribution >= 4 is 11.6 Å². The van der Waals surface area contributed by atoms with Gasteiger partial charge >= 0.3 is 0 Å². The van der Waals surface area contributed by atoms with Gasteiger partial charge in [0.05, 0.1) is 18.4 Å². The lowest BCUT2D eigenvalue weighted by atomic mass is 9.87. The number of Topliss-reactive ketones (excluding diaryl/α,β-unsaturated/α-hetero) is 2. The molecule has 1 N–H and O–H groups in total. The van der Waals surface area contributed by atoms with E-state index in [1.165, 1.54) is 7.11 Å². The van der Waals surface area contributed by atoms with Gasteiger partial charge in [0.2, 0.25) is 5.78 Å². The zero-order valence-corrected chi connectivity index (χ0v) is 12.1. The minimum absolute atomic E-state index is 0.113. The quantitative estimate of drug-likeness (QED) is 0.838. The third-order valence-corrected chi connectivity index (χ3v) is 3.49. The predicted molar refractivity (Wildman–Crippen MR) is 77.3 cm³/mol. The number of rotatable bonds is 5. The van der Waals surface area contributed by atoms with Crippen LogP contribution >= 0.6 is 0 Å². The molecular formula is C16H19NO3. The van der Waals surface area contributed by atoms with Gasteiger partial charge in [0.1, 0.15) is 5.75 Å². The number of ether oxygens (including phenoxy) is 1. The number of carbonyl (C=O) groups is 2. The molecule has 0 amide bonds. The van der Waals surface area contributed by atoms with E-state index >= 15 is 0 Å². The first-order valence-electron chi connectivity index (χ1n) is 6.83. The first kappa shape index (κ1) is 14.3. The van der Waals surface area contributed by atoms with Crippen molar-refractivity contribution in [2.24, 2.45) is 0 Å². The lowest BCUT2D eigenvalue weighted by molar-refractivity contribution is 0.0966. The molecule has 0 spiro atoms. The highest BCUT2D eigenvalue weighted by Crippen LogP contribution is 2.31. The maximum atomic E-state index is 12.6. The van der Waals surface area contributed by atoms with E-state index in [4.69, 9.17) is 4.74 Å². The smallest absolute Gasteiger partial charge is 0.213 e. The Bertz CT molecular complexity index is 587. The molecular weight excluding hydrogens is 254 g/mol. The van der Waals surface area contributed by atoms with Crippen LogP contribution in [0, 0.1) is 0 Å². The van der Waals surface area contributed by atoms with E-state index in [9.17, 15) is 9.59 Å². The number of unbranched alkanes of at least 4 members (excludes halogenated alkanes) is 1. The van der Waals surface area contributed by atoms with Crippen molar-refractivity contribution in [3.63, 3.8) is 0 Å². The molecule has 4 nitrogen and oxygen atoms in total. The number of methoxy groups -OCH3 is 1. The first-order chi connectivity index (χ1) is 9.61. The molecule has 2 rings (SSSR count). The lowest BCUT2D eigenvalue weighted by Gasteiger charge is -2.21. The molecule has 0 saturated heterocycles. The second-order valence-electron chi connectivity index (χ2n) is 4.82. The molecule has 0 radical (unpaired) electrons. The van der Waals surface area contributed by atoms with Crippen LogP contribution in [-0.4, -0.2) is 25.2 Å². The fraction of sp³-hybridized carbons (Fsp3) is 0.375. The maximum Gasteiger partial charge on any atom is 0.213 e. The number of hydrogen-bond donors (Lipinski definition) is 1. The SMILES string of the molecule is CCCCNC1=C(C)C(=O)c2cccc(OC)c2C1=O. The maximum absolute atomic E-state index is 12.6. The Morgan fingerprint density at radius 1 is 1.20 bits per heavy atom. The summed E-state index contributed by atoms with van der Waals surface area (Å²) in [7, 11) is 1.50. The highest BCUT2D eigenvalue weighted by molar-refractivity contribution is 6.27. The van der Waals surface area contributed by atoms with Crippen LogP contribution in [0.4, 0.5) is 0 Å². The molecule has 0 aromatic heterocycles. The summed E-state index contributed by atoms with van der Waals surface area (Å²) < 4.78 is 5.22. The zero-order chi connectivity index (χ0) is 14.7. The van der Waals surface area contributed by atoms with Crippen molar-refractivity contribution < 1.29 is 14.3 Å². The second kappa shape index (κ2) is 5.90. The number of carbonyl (C=O) groups excluding carboxylic acids is 2. The topological polar surface area (TPSA) is 55.4 Å². The Morgan fingerprint density at radius 3 is 2.60 bits per heavy atom. The van der Waals surface area contributed by atoms with Crippen LogP contribution in [0.1, 0.15) is 47.4 Å². The summed E-state index contributed by atoms with van der Waals surface area (Å²) >= 11 is 0. The normalized spacial score (nSPS) is 14.3. The van der Waals surface area contributed by atoms with Gasteiger partial charge < -0.3 is 10.1 Å². The number of fused-ring (bicyclic) bond motifs is 1. The van der Waals surface area contributed by atoms with Gasteiger partial charge in [-0.1, -0.05) is 25.5 Å². The number of hydrogen-bond acceptors (Lipinski definition) is 4. The molecule has 0 fully saturated rings. The molecule has 20 heavy (non-hydrogen) atoms. The molecule has 0 bridgehead atoms. The zero-order valence-electron chi connectivity index (χ0n) is 12.1. The van der Waals surface area contributed by atoms with Crippen molar-refractivity contribution in [2.75, 3.05) is 13.7 Å². The van der Waals surface area contributed by atoms with Crippen molar-refractivity contribution in [3.05, 3.63) is 40.6 Å². The van der Waals surface area contributed by atoms with E-state index < -0.39 is 0 Å². The molecule has 1 aromatic carbocycles. The fourth-order valence-electron chi connectivity index (χ4n) is 2.34. The summed E-state index contributed by atoms with van der Waals surface area (Å²) in [6.45, 7) is 4.46. The van der Waals surface area contributed by atoms with Crippen LogP contribution < -0.4 is 10.1 Å². The molecule has 0 unspecified atom stereocenters. The second-order valence-corrected chi connectivity index (χ2v) is 4.82. The van der Waals surface area contributed by atoms with Crippen molar-refractivity contribution in [2.45, 2.75) is 26.7 Å². The lowest BCUT2D eigenvalue weighted by Crippen LogP contribution is -2.30. The Morgan fingerprint density at radius 2 is 1.95 bits per heavy atom. The first-order valence-corrected chi connectivity index (χ1v) is 6.83. The molecule has 0 heterocycles. The minimum atomic E-state index is -0.161. The third-order valence-electron chi connectivity index (χ3n) is 3.49. The number of nitrogens with one attached hydrogen (secondary N) is 1. The summed E-state index contributed by atoms with van der Waals surface area (Å²) in [5, 5.41) is 3.10. The van der Waals surface area contributed by atoms with Gasteiger partial charge in [-0.05, 0) is 19.4 Å². The van der Waals surface area contributed by atoms with E-state index in [1.54, 1.807) is 25.1 Å². The van der Waals surface area contributed by atoms with E-state index in [0.29, 0.717) is 34.7 Å². The van der Waals surface area contributed by atoms with Crippen molar-refractivity contribution in [1.82, 2.24) is 5.32 Å². The van der Waals surface area contributed by atoms with Gasteiger partial charge in [-0.25, -0.2) is 0 Å². The summed E-state index contributed by atoms with van der Waals surface area (Å²) in [4.78, 5) is 25.0. The summed E-state index contributed by atoms with van der Waals surface area (Å²) in [5.41, 5.74) is 1.67. The largest absolute Gasteiger partial charge is 0.496 e. The average molecular weight is 273 g/mol. The summed E-state index contributed by atoms with van der Waals surface area (Å²) in [6.07, 6.45) is 1.98. The van der Waals surface area contributed by atoms with Crippen LogP contribution in [0.2, 0.25) is 0 Å². The Labute approximate surface area is 118 Å². The average Bonchev–Trinajstić information content (AvgIpc) is 2.47. The summed E-state index contributed by atoms with van der Waals surface area (Å²) in [6, 6.07) is 5.10. The van der Waals surface area contributed by atoms with Crippen LogP contribution in [-0.2, 0) is 0 Å². The Kier molecular flexibility index (Phi) is 4.23. The van der Waals surface area contributed by atoms with Gasteiger partial charge in [0.25, 0.3) is 0 Å². The van der Waals surface area contributed by atoms with Crippen LogP contribution in [0.15, 0.2) is 29.5 Å². The standard InChI is InChI=1S/C16H19NO3/c1-4-5-9-17-14-10(2)15(18)11-7-6-8-12(20-3)13(11)16(14)19/h6-8,17H,4-5,9H2,1-3H3. The van der Waals surface area contributed by atoms with Crippen molar-refractivity contribution in [3.8, 4) is 5.75 Å². The molecule has 0 aliphatic heterocycles. The molecule has 106 valence electrons. The van der Waals surface area contributed by atoms with E-state index in [2.05, 4.69) is 12.2 Å². The van der Waals surface area contributed by atoms with Crippen LogP contribution in [0.25, 0.3) is 0 Å². The Balaban J connectivity index is 2.44.